The van der Waals surface area contributed by atoms with Gasteiger partial charge in [0.2, 0.25) is 0 Å². The molecule has 1 amide bonds. The van der Waals surface area contributed by atoms with Crippen molar-refractivity contribution in [1.29, 1.82) is 0 Å². The number of rotatable bonds is 6. The molecule has 0 unspecified atom stereocenters. The molecular formula is C19H19FN2O3. The van der Waals surface area contributed by atoms with E-state index in [9.17, 15) is 9.18 Å². The van der Waals surface area contributed by atoms with Gasteiger partial charge in [-0.15, -0.1) is 0 Å². The smallest absolute Gasteiger partial charge is 0.268 e. The summed E-state index contributed by atoms with van der Waals surface area (Å²) in [5.74, 6) is 0.875. The molecule has 5 nitrogen and oxygen atoms in total. The Balaban J connectivity index is 1.56. The number of methoxy groups -OCH3 is 1. The monoisotopic (exact) mass is 342 g/mol. The first-order valence-corrected chi connectivity index (χ1v) is 7.91. The number of aromatic amines is 1. The van der Waals surface area contributed by atoms with Gasteiger partial charge in [0.25, 0.3) is 5.91 Å². The van der Waals surface area contributed by atoms with E-state index in [-0.39, 0.29) is 11.7 Å². The molecule has 0 saturated heterocycles. The maximum atomic E-state index is 13.3. The fourth-order valence-corrected chi connectivity index (χ4v) is 2.63. The van der Waals surface area contributed by atoms with Crippen LogP contribution in [0.1, 0.15) is 16.1 Å². The summed E-state index contributed by atoms with van der Waals surface area (Å²) in [6.07, 6.45) is 0. The predicted molar refractivity (Wildman–Crippen MR) is 93.8 cm³/mol. The van der Waals surface area contributed by atoms with E-state index in [0.717, 1.165) is 16.7 Å². The minimum atomic E-state index is -0.339. The lowest BCUT2D eigenvalue weighted by atomic mass is 10.1. The van der Waals surface area contributed by atoms with Gasteiger partial charge in [-0.2, -0.15) is 0 Å². The highest BCUT2D eigenvalue weighted by Gasteiger charge is 2.14. The van der Waals surface area contributed by atoms with E-state index >= 15 is 0 Å². The summed E-state index contributed by atoms with van der Waals surface area (Å²) < 4.78 is 23.9. The van der Waals surface area contributed by atoms with Crippen molar-refractivity contribution in [1.82, 2.24) is 10.3 Å². The maximum absolute atomic E-state index is 13.3. The van der Waals surface area contributed by atoms with E-state index in [2.05, 4.69) is 10.3 Å². The van der Waals surface area contributed by atoms with Crippen LogP contribution in [0.3, 0.4) is 0 Å². The van der Waals surface area contributed by atoms with Crippen molar-refractivity contribution in [2.45, 2.75) is 6.92 Å². The standard InChI is InChI=1S/C19H19FN2O3/c1-12-16-8-3-13(20)11-17(16)22-18(12)19(23)21-9-10-25-15-6-4-14(24-2)5-7-15/h3-8,11,22H,9-10H2,1-2H3,(H,21,23). The predicted octanol–water partition coefficient (Wildman–Crippen LogP) is 3.43. The molecule has 3 aromatic rings. The largest absolute Gasteiger partial charge is 0.497 e. The third-order valence-corrected chi connectivity index (χ3v) is 3.96. The molecule has 25 heavy (non-hydrogen) atoms. The number of nitrogens with one attached hydrogen (secondary N) is 2. The van der Waals surface area contributed by atoms with E-state index in [1.807, 2.05) is 6.92 Å². The first-order chi connectivity index (χ1) is 12.1. The van der Waals surface area contributed by atoms with Gasteiger partial charge in [-0.25, -0.2) is 4.39 Å². The van der Waals surface area contributed by atoms with Crippen LogP contribution < -0.4 is 14.8 Å². The Labute approximate surface area is 144 Å². The lowest BCUT2D eigenvalue weighted by Crippen LogP contribution is -2.28. The Hall–Kier alpha value is -3.02. The summed E-state index contributed by atoms with van der Waals surface area (Å²) in [7, 11) is 1.60. The number of fused-ring (bicyclic) bond motifs is 1. The normalized spacial score (nSPS) is 10.7. The minimum absolute atomic E-state index is 0.243. The molecule has 2 aromatic carbocycles. The lowest BCUT2D eigenvalue weighted by Gasteiger charge is -2.08. The highest BCUT2D eigenvalue weighted by Crippen LogP contribution is 2.22. The highest BCUT2D eigenvalue weighted by molar-refractivity contribution is 6.00. The number of carbonyl (C=O) groups is 1. The fraction of sp³-hybridized carbons (Fsp3) is 0.211. The van der Waals surface area contributed by atoms with Gasteiger partial charge < -0.3 is 19.8 Å². The average molecular weight is 342 g/mol. The number of carbonyl (C=O) groups excluding carboxylic acids is 1. The van der Waals surface area contributed by atoms with Crippen molar-refractivity contribution >= 4 is 16.8 Å². The van der Waals surface area contributed by atoms with Crippen molar-refractivity contribution in [2.24, 2.45) is 0 Å². The maximum Gasteiger partial charge on any atom is 0.268 e. The topological polar surface area (TPSA) is 63.4 Å². The van der Waals surface area contributed by atoms with Gasteiger partial charge in [-0.1, -0.05) is 0 Å². The van der Waals surface area contributed by atoms with Gasteiger partial charge in [0.1, 0.15) is 29.6 Å². The van der Waals surface area contributed by atoms with Crippen LogP contribution in [0.25, 0.3) is 10.9 Å². The van der Waals surface area contributed by atoms with Crippen molar-refractivity contribution in [3.8, 4) is 11.5 Å². The Morgan fingerprint density at radius 2 is 1.88 bits per heavy atom. The second kappa shape index (κ2) is 7.25. The first-order valence-electron chi connectivity index (χ1n) is 7.91. The molecule has 0 aliphatic rings. The van der Waals surface area contributed by atoms with E-state index in [1.54, 1.807) is 37.4 Å². The molecule has 0 spiro atoms. The number of amides is 1. The van der Waals surface area contributed by atoms with Crippen LogP contribution in [-0.4, -0.2) is 31.2 Å². The summed E-state index contributed by atoms with van der Waals surface area (Å²) in [5.41, 5.74) is 1.84. The van der Waals surface area contributed by atoms with Crippen molar-refractivity contribution in [3.05, 3.63) is 59.5 Å². The van der Waals surface area contributed by atoms with Crippen molar-refractivity contribution in [2.75, 3.05) is 20.3 Å². The molecule has 2 N–H and O–H groups in total. The zero-order chi connectivity index (χ0) is 17.8. The molecule has 130 valence electrons. The second-order valence-electron chi connectivity index (χ2n) is 5.59. The first kappa shape index (κ1) is 16.8. The molecule has 1 aromatic heterocycles. The van der Waals surface area contributed by atoms with Crippen LogP contribution in [0, 0.1) is 12.7 Å². The quantitative estimate of drug-likeness (QED) is 0.675. The number of benzene rings is 2. The third kappa shape index (κ3) is 3.74. The molecule has 0 bridgehead atoms. The van der Waals surface area contributed by atoms with Crippen LogP contribution in [0.15, 0.2) is 42.5 Å². The molecule has 3 rings (SSSR count). The number of H-pyrrole nitrogens is 1. The second-order valence-corrected chi connectivity index (χ2v) is 5.59. The number of ether oxygens (including phenoxy) is 2. The summed E-state index contributed by atoms with van der Waals surface area (Å²) >= 11 is 0. The molecule has 1 heterocycles. The van der Waals surface area contributed by atoms with Crippen LogP contribution in [0.4, 0.5) is 4.39 Å². The van der Waals surface area contributed by atoms with E-state index in [0.29, 0.717) is 30.1 Å². The van der Waals surface area contributed by atoms with Crippen LogP contribution >= 0.6 is 0 Å². The molecule has 0 atom stereocenters. The van der Waals surface area contributed by atoms with E-state index in [1.165, 1.54) is 12.1 Å². The van der Waals surface area contributed by atoms with Gasteiger partial charge >= 0.3 is 0 Å². The van der Waals surface area contributed by atoms with Crippen molar-refractivity contribution in [3.63, 3.8) is 0 Å². The van der Waals surface area contributed by atoms with E-state index < -0.39 is 0 Å². The Morgan fingerprint density at radius 1 is 1.16 bits per heavy atom. The molecule has 0 fully saturated rings. The zero-order valence-corrected chi connectivity index (χ0v) is 14.1. The van der Waals surface area contributed by atoms with Gasteiger partial charge in [0.05, 0.1) is 13.7 Å². The van der Waals surface area contributed by atoms with Crippen LogP contribution in [0.5, 0.6) is 11.5 Å². The average Bonchev–Trinajstić information content (AvgIpc) is 2.95. The van der Waals surface area contributed by atoms with Gasteiger partial charge in [-0.3, -0.25) is 4.79 Å². The number of aromatic nitrogens is 1. The number of halogens is 1. The number of aryl methyl sites for hydroxylation is 1. The van der Waals surface area contributed by atoms with Gasteiger partial charge in [-0.05, 0) is 55.0 Å². The lowest BCUT2D eigenvalue weighted by molar-refractivity contribution is 0.0942. The van der Waals surface area contributed by atoms with E-state index in [4.69, 9.17) is 9.47 Å². The minimum Gasteiger partial charge on any atom is -0.497 e. The summed E-state index contributed by atoms with van der Waals surface area (Å²) in [6.45, 7) is 2.53. The molecule has 0 aliphatic carbocycles. The summed E-state index contributed by atoms with van der Waals surface area (Å²) in [5, 5.41) is 3.63. The number of hydrogen-bond donors (Lipinski definition) is 2. The SMILES string of the molecule is COc1ccc(OCCNC(=O)c2[nH]c3cc(F)ccc3c2C)cc1. The molecule has 0 radical (unpaired) electrons. The molecule has 0 saturated carbocycles. The van der Waals surface area contributed by atoms with Gasteiger partial charge in [0, 0.05) is 10.9 Å². The zero-order valence-electron chi connectivity index (χ0n) is 14.1. The van der Waals surface area contributed by atoms with Gasteiger partial charge in [0.15, 0.2) is 0 Å². The van der Waals surface area contributed by atoms with Crippen molar-refractivity contribution < 1.29 is 18.7 Å². The molecule has 6 heteroatoms. The van der Waals surface area contributed by atoms with Crippen LogP contribution in [-0.2, 0) is 0 Å². The third-order valence-electron chi connectivity index (χ3n) is 3.96. The molecular weight excluding hydrogens is 323 g/mol. The highest BCUT2D eigenvalue weighted by atomic mass is 19.1. The van der Waals surface area contributed by atoms with Crippen LogP contribution in [0.2, 0.25) is 0 Å². The fourth-order valence-electron chi connectivity index (χ4n) is 2.63. The number of hydrogen-bond acceptors (Lipinski definition) is 3. The summed E-state index contributed by atoms with van der Waals surface area (Å²) in [6, 6.07) is 11.6. The Kier molecular flexibility index (Phi) is 4.88. The Bertz CT molecular complexity index is 888. The molecule has 0 aliphatic heterocycles. The Morgan fingerprint density at radius 3 is 2.60 bits per heavy atom. The summed E-state index contributed by atoms with van der Waals surface area (Å²) in [4.78, 5) is 15.3.